The molecule has 7 nitrogen and oxygen atoms in total. The molecule has 3 rings (SSSR count). The van der Waals surface area contributed by atoms with Gasteiger partial charge in [0.05, 0.1) is 18.3 Å². The molecule has 0 aliphatic heterocycles. The lowest BCUT2D eigenvalue weighted by atomic mass is 10.2. The van der Waals surface area contributed by atoms with E-state index in [1.54, 1.807) is 18.7 Å². The number of nitrogens with zero attached hydrogens (tertiary/aromatic N) is 3. The summed E-state index contributed by atoms with van der Waals surface area (Å²) in [5.41, 5.74) is 1.27. The van der Waals surface area contributed by atoms with E-state index in [0.717, 1.165) is 36.3 Å². The Morgan fingerprint density at radius 1 is 1.37 bits per heavy atom. The summed E-state index contributed by atoms with van der Waals surface area (Å²) in [5.74, 6) is -0.585. The van der Waals surface area contributed by atoms with Gasteiger partial charge < -0.3 is 9.64 Å². The summed E-state index contributed by atoms with van der Waals surface area (Å²) in [6.07, 6.45) is 6.39. The Morgan fingerprint density at radius 2 is 2.15 bits per heavy atom. The highest BCUT2D eigenvalue weighted by Crippen LogP contribution is 2.27. The number of hydrogen-bond donors (Lipinski definition) is 0. The van der Waals surface area contributed by atoms with E-state index in [4.69, 9.17) is 4.74 Å². The first-order chi connectivity index (χ1) is 13.0. The first-order valence-electron chi connectivity index (χ1n) is 9.12. The number of amides is 1. The molecule has 2 aromatic rings. The van der Waals surface area contributed by atoms with Crippen molar-refractivity contribution in [3.05, 3.63) is 38.9 Å². The van der Waals surface area contributed by atoms with Gasteiger partial charge in [-0.2, -0.15) is 0 Å². The zero-order chi connectivity index (χ0) is 19.6. The minimum atomic E-state index is -0.453. The minimum Gasteiger partial charge on any atom is -0.462 e. The Hall–Kier alpha value is -2.48. The molecular formula is C19H23N3O4S. The molecule has 0 saturated carbocycles. The van der Waals surface area contributed by atoms with Crippen molar-refractivity contribution in [1.82, 2.24) is 14.5 Å². The van der Waals surface area contributed by atoms with Crippen molar-refractivity contribution in [3.63, 3.8) is 0 Å². The van der Waals surface area contributed by atoms with Crippen molar-refractivity contribution in [2.24, 2.45) is 0 Å². The van der Waals surface area contributed by atoms with Crippen molar-refractivity contribution in [2.75, 3.05) is 13.2 Å². The number of allylic oxidation sites excluding steroid dienone is 2. The topological polar surface area (TPSA) is 81.5 Å². The minimum absolute atomic E-state index is 0.0724. The fourth-order valence-electron chi connectivity index (χ4n) is 3.33. The average Bonchev–Trinajstić information content (AvgIpc) is 3.27. The highest BCUT2D eigenvalue weighted by atomic mass is 32.1. The Balaban J connectivity index is 1.92. The van der Waals surface area contributed by atoms with Gasteiger partial charge in [-0.15, -0.1) is 11.3 Å². The van der Waals surface area contributed by atoms with E-state index in [2.05, 4.69) is 11.1 Å². The van der Waals surface area contributed by atoms with Gasteiger partial charge in [0.2, 0.25) is 5.91 Å². The van der Waals surface area contributed by atoms with Crippen LogP contribution in [0.1, 0.15) is 48.3 Å². The number of hydrogen-bond acceptors (Lipinski definition) is 6. The third-order valence-electron chi connectivity index (χ3n) is 4.66. The summed E-state index contributed by atoms with van der Waals surface area (Å²) in [5, 5.41) is 0.376. The molecule has 0 N–H and O–H groups in total. The van der Waals surface area contributed by atoms with Crippen molar-refractivity contribution >= 4 is 33.4 Å². The molecule has 0 bridgehead atoms. The van der Waals surface area contributed by atoms with Gasteiger partial charge >= 0.3 is 5.97 Å². The van der Waals surface area contributed by atoms with Crippen molar-refractivity contribution < 1.29 is 14.3 Å². The molecule has 2 heterocycles. The van der Waals surface area contributed by atoms with Crippen LogP contribution in [-0.4, -0.2) is 39.5 Å². The van der Waals surface area contributed by atoms with E-state index in [1.165, 1.54) is 10.9 Å². The molecule has 0 aromatic carbocycles. The van der Waals surface area contributed by atoms with Gasteiger partial charge in [-0.3, -0.25) is 14.2 Å². The Kier molecular flexibility index (Phi) is 5.74. The fraction of sp³-hybridized carbons (Fsp3) is 0.474. The number of ether oxygens (including phenoxy) is 1. The smallest absolute Gasteiger partial charge is 0.348 e. The average molecular weight is 389 g/mol. The maximum absolute atomic E-state index is 12.9. The molecule has 0 atom stereocenters. The van der Waals surface area contributed by atoms with Crippen LogP contribution in [0.25, 0.3) is 10.2 Å². The van der Waals surface area contributed by atoms with Crippen molar-refractivity contribution in [1.29, 1.82) is 0 Å². The van der Waals surface area contributed by atoms with Crippen molar-refractivity contribution in [3.8, 4) is 0 Å². The normalized spacial score (nSPS) is 13.7. The van der Waals surface area contributed by atoms with Crippen LogP contribution in [0.15, 0.2) is 22.9 Å². The molecule has 1 amide bonds. The standard InChI is InChI=1S/C19H23N3O4S/c1-4-22(13-8-6-7-9-13)14(23)10-21-11-20-17-15(18(21)24)12(3)16(27-17)19(25)26-5-2/h8,11H,4-7,9-10H2,1-3H3. The molecule has 2 aromatic heterocycles. The molecule has 144 valence electrons. The number of carbonyl (C=O) groups excluding carboxylic acids is 2. The van der Waals surface area contributed by atoms with Crippen molar-refractivity contribution in [2.45, 2.75) is 46.6 Å². The van der Waals surface area contributed by atoms with Gasteiger partial charge in [-0.1, -0.05) is 6.08 Å². The van der Waals surface area contributed by atoms with Gasteiger partial charge in [0.25, 0.3) is 5.56 Å². The fourth-order valence-corrected chi connectivity index (χ4v) is 4.37. The molecule has 0 saturated heterocycles. The molecule has 0 unspecified atom stereocenters. The predicted octanol–water partition coefficient (Wildman–Crippen LogP) is 2.86. The molecule has 1 aliphatic rings. The summed E-state index contributed by atoms with van der Waals surface area (Å²) >= 11 is 1.14. The number of likely N-dealkylation sites (N-methyl/N-ethyl adjacent to an activating group) is 1. The summed E-state index contributed by atoms with van der Waals surface area (Å²) in [6.45, 7) is 6.13. The van der Waals surface area contributed by atoms with E-state index in [1.807, 2.05) is 6.92 Å². The van der Waals surface area contributed by atoms with Crippen LogP contribution in [0.2, 0.25) is 0 Å². The van der Waals surface area contributed by atoms with Crippen LogP contribution in [0.3, 0.4) is 0 Å². The summed E-state index contributed by atoms with van der Waals surface area (Å²) in [6, 6.07) is 0. The number of fused-ring (bicyclic) bond motifs is 1. The van der Waals surface area contributed by atoms with Crippen LogP contribution in [0, 0.1) is 6.92 Å². The molecule has 0 radical (unpaired) electrons. The van der Waals surface area contributed by atoms with Crippen LogP contribution in [0.5, 0.6) is 0 Å². The second-order valence-corrected chi connectivity index (χ2v) is 7.36. The Morgan fingerprint density at radius 3 is 2.78 bits per heavy atom. The number of aromatic nitrogens is 2. The predicted molar refractivity (Wildman–Crippen MR) is 104 cm³/mol. The van der Waals surface area contributed by atoms with Crippen LogP contribution in [-0.2, 0) is 16.1 Å². The molecule has 27 heavy (non-hydrogen) atoms. The molecule has 8 heteroatoms. The van der Waals surface area contributed by atoms with Crippen LogP contribution >= 0.6 is 11.3 Å². The van der Waals surface area contributed by atoms with Gasteiger partial charge in [-0.05, 0) is 45.6 Å². The van der Waals surface area contributed by atoms with E-state index in [0.29, 0.717) is 27.2 Å². The van der Waals surface area contributed by atoms with E-state index >= 15 is 0 Å². The molecule has 0 fully saturated rings. The number of aryl methyl sites for hydroxylation is 1. The lowest BCUT2D eigenvalue weighted by Gasteiger charge is -2.22. The number of thiophene rings is 1. The maximum atomic E-state index is 12.9. The van der Waals surface area contributed by atoms with Gasteiger partial charge in [0.1, 0.15) is 16.3 Å². The third-order valence-corrected chi connectivity index (χ3v) is 5.84. The first-order valence-corrected chi connectivity index (χ1v) is 9.94. The lowest BCUT2D eigenvalue weighted by molar-refractivity contribution is -0.129. The summed E-state index contributed by atoms with van der Waals surface area (Å²) in [4.78, 5) is 44.6. The zero-order valence-corrected chi connectivity index (χ0v) is 16.6. The maximum Gasteiger partial charge on any atom is 0.348 e. The van der Waals surface area contributed by atoms with Crippen LogP contribution in [0.4, 0.5) is 0 Å². The lowest BCUT2D eigenvalue weighted by Crippen LogP contribution is -2.35. The highest BCUT2D eigenvalue weighted by Gasteiger charge is 2.23. The SMILES string of the molecule is CCOC(=O)c1sc2ncn(CC(=O)N(CC)C3=CCCC3)c(=O)c2c1C. The molecule has 1 aliphatic carbocycles. The third kappa shape index (κ3) is 3.66. The number of esters is 1. The van der Waals surface area contributed by atoms with E-state index < -0.39 is 5.97 Å². The Bertz CT molecular complexity index is 973. The zero-order valence-electron chi connectivity index (χ0n) is 15.8. The quantitative estimate of drug-likeness (QED) is 0.710. The highest BCUT2D eigenvalue weighted by molar-refractivity contribution is 7.20. The molecular weight excluding hydrogens is 366 g/mol. The van der Waals surface area contributed by atoms with Crippen LogP contribution < -0.4 is 5.56 Å². The summed E-state index contributed by atoms with van der Waals surface area (Å²) < 4.78 is 6.36. The Labute approximate surface area is 161 Å². The second-order valence-electron chi connectivity index (χ2n) is 6.36. The molecule has 0 spiro atoms. The van der Waals surface area contributed by atoms with Gasteiger partial charge in [-0.25, -0.2) is 9.78 Å². The van der Waals surface area contributed by atoms with E-state index in [-0.39, 0.29) is 24.6 Å². The first kappa shape index (κ1) is 19.3. The largest absolute Gasteiger partial charge is 0.462 e. The number of carbonyl (C=O) groups is 2. The number of rotatable bonds is 6. The summed E-state index contributed by atoms with van der Waals surface area (Å²) in [7, 11) is 0. The van der Waals surface area contributed by atoms with E-state index in [9.17, 15) is 14.4 Å². The second kappa shape index (κ2) is 8.04. The monoisotopic (exact) mass is 389 g/mol. The van der Waals surface area contributed by atoms with Gasteiger partial charge in [0, 0.05) is 12.2 Å². The van der Waals surface area contributed by atoms with Gasteiger partial charge in [0.15, 0.2) is 0 Å².